The third-order valence-electron chi connectivity index (χ3n) is 8.92. The fourth-order valence-corrected chi connectivity index (χ4v) is 7.28. The fourth-order valence-electron chi connectivity index (χ4n) is 7.28. The second-order valence-electron chi connectivity index (χ2n) is 12.2. The minimum atomic E-state index is -0.722. The first-order valence-electron chi connectivity index (χ1n) is 12.8. The Bertz CT molecular complexity index is 555. The van der Waals surface area contributed by atoms with Crippen LogP contribution in [-0.2, 0) is 14.2 Å². The van der Waals surface area contributed by atoms with Crippen LogP contribution in [0.5, 0.6) is 0 Å². The maximum atomic E-state index is 11.5. The molecule has 6 unspecified atom stereocenters. The lowest BCUT2D eigenvalue weighted by Crippen LogP contribution is -2.50. The van der Waals surface area contributed by atoms with E-state index in [1.807, 2.05) is 0 Å². The van der Waals surface area contributed by atoms with Crippen molar-refractivity contribution in [2.75, 3.05) is 6.61 Å². The summed E-state index contributed by atoms with van der Waals surface area (Å²) < 4.78 is 19.4. The van der Waals surface area contributed by atoms with E-state index < -0.39 is 6.29 Å². The summed E-state index contributed by atoms with van der Waals surface area (Å²) >= 11 is 0. The van der Waals surface area contributed by atoms with Crippen molar-refractivity contribution in [2.45, 2.75) is 123 Å². The summed E-state index contributed by atoms with van der Waals surface area (Å²) in [5, 5.41) is 11.5. The van der Waals surface area contributed by atoms with E-state index in [1.54, 1.807) is 0 Å². The van der Waals surface area contributed by atoms with Gasteiger partial charge in [-0.25, -0.2) is 0 Å². The predicted molar refractivity (Wildman–Crippen MR) is 119 cm³/mol. The van der Waals surface area contributed by atoms with Crippen molar-refractivity contribution < 1.29 is 19.3 Å². The molecule has 0 amide bonds. The Morgan fingerprint density at radius 3 is 2.30 bits per heavy atom. The summed E-state index contributed by atoms with van der Waals surface area (Å²) in [6, 6.07) is 0. The van der Waals surface area contributed by atoms with Crippen molar-refractivity contribution in [3.8, 4) is 0 Å². The van der Waals surface area contributed by atoms with E-state index in [4.69, 9.17) is 14.2 Å². The number of aliphatic hydroxyl groups is 1. The average molecular weight is 423 g/mol. The molecule has 4 saturated carbocycles. The van der Waals surface area contributed by atoms with Crippen LogP contribution in [0.25, 0.3) is 0 Å². The lowest BCUT2D eigenvalue weighted by molar-refractivity contribution is -0.269. The number of hydrogen-bond acceptors (Lipinski definition) is 4. The zero-order chi connectivity index (χ0) is 21.5. The van der Waals surface area contributed by atoms with Gasteiger partial charge in [-0.15, -0.1) is 0 Å². The molecule has 0 aromatic carbocycles. The zero-order valence-corrected chi connectivity index (χ0v) is 20.1. The molecule has 4 nitrogen and oxygen atoms in total. The van der Waals surface area contributed by atoms with Crippen LogP contribution in [0.2, 0.25) is 0 Å². The van der Waals surface area contributed by atoms with E-state index in [0.717, 1.165) is 57.0 Å². The number of rotatable bonds is 8. The summed E-state index contributed by atoms with van der Waals surface area (Å²) in [4.78, 5) is 0. The van der Waals surface area contributed by atoms with Gasteiger partial charge in [0.1, 0.15) is 0 Å². The first-order chi connectivity index (χ1) is 14.2. The first-order valence-corrected chi connectivity index (χ1v) is 12.8. The maximum Gasteiger partial charge on any atom is 0.160 e. The van der Waals surface area contributed by atoms with Crippen LogP contribution >= 0.6 is 0 Å². The van der Waals surface area contributed by atoms with Gasteiger partial charge >= 0.3 is 0 Å². The van der Waals surface area contributed by atoms with Gasteiger partial charge in [-0.1, -0.05) is 34.6 Å². The van der Waals surface area contributed by atoms with Gasteiger partial charge < -0.3 is 19.3 Å². The number of ether oxygens (including phenoxy) is 3. The molecule has 0 aromatic rings. The molecule has 1 saturated heterocycles. The Labute approximate surface area is 184 Å². The molecule has 0 aromatic heterocycles. The van der Waals surface area contributed by atoms with E-state index in [-0.39, 0.29) is 23.4 Å². The Balaban J connectivity index is 1.53. The van der Waals surface area contributed by atoms with Crippen molar-refractivity contribution in [3.63, 3.8) is 0 Å². The standard InChI is InChI=1S/C26H46O4/c1-17(2)13-25(5,18(3)4)24(27)30-26-14-19-10-20(15-26)12-21(11-19)22(16-26)29-23-8-6-7-9-28-23/h17-24,27H,6-16H2,1-5H3. The molecule has 5 aliphatic rings. The highest BCUT2D eigenvalue weighted by Crippen LogP contribution is 2.56. The molecule has 0 spiro atoms. The minimum Gasteiger partial charge on any atom is -0.367 e. The van der Waals surface area contributed by atoms with Crippen LogP contribution in [-0.4, -0.2) is 36.0 Å². The van der Waals surface area contributed by atoms with Gasteiger partial charge in [-0.3, -0.25) is 0 Å². The monoisotopic (exact) mass is 422 g/mol. The summed E-state index contributed by atoms with van der Waals surface area (Å²) in [6.07, 6.45) is 10.8. The van der Waals surface area contributed by atoms with Crippen molar-refractivity contribution in [3.05, 3.63) is 0 Å². The van der Waals surface area contributed by atoms with Crippen LogP contribution < -0.4 is 0 Å². The van der Waals surface area contributed by atoms with E-state index >= 15 is 0 Å². The van der Waals surface area contributed by atoms with Gasteiger partial charge in [-0.05, 0) is 87.4 Å². The molecule has 174 valence electrons. The predicted octanol–water partition coefficient (Wildman–Crippen LogP) is 5.91. The van der Waals surface area contributed by atoms with Crippen molar-refractivity contribution in [2.24, 2.45) is 35.0 Å². The zero-order valence-electron chi connectivity index (χ0n) is 20.1. The van der Waals surface area contributed by atoms with Crippen LogP contribution in [0.1, 0.15) is 98.8 Å². The molecule has 1 heterocycles. The highest BCUT2D eigenvalue weighted by Gasteiger charge is 2.54. The van der Waals surface area contributed by atoms with E-state index in [0.29, 0.717) is 17.8 Å². The Kier molecular flexibility index (Phi) is 6.90. The fraction of sp³-hybridized carbons (Fsp3) is 1.00. The summed E-state index contributed by atoms with van der Waals surface area (Å²) in [5.74, 6) is 3.00. The van der Waals surface area contributed by atoms with Crippen molar-refractivity contribution in [1.29, 1.82) is 0 Å². The van der Waals surface area contributed by atoms with Gasteiger partial charge in [0.25, 0.3) is 0 Å². The number of aliphatic hydroxyl groups excluding tert-OH is 1. The molecule has 5 rings (SSSR count). The molecule has 4 heteroatoms. The molecule has 0 radical (unpaired) electrons. The van der Waals surface area contributed by atoms with E-state index in [2.05, 4.69) is 34.6 Å². The van der Waals surface area contributed by atoms with Crippen molar-refractivity contribution >= 4 is 0 Å². The highest BCUT2D eigenvalue weighted by atomic mass is 16.7. The summed E-state index contributed by atoms with van der Waals surface area (Å²) in [7, 11) is 0. The quantitative estimate of drug-likeness (QED) is 0.494. The van der Waals surface area contributed by atoms with Crippen molar-refractivity contribution in [1.82, 2.24) is 0 Å². The molecular weight excluding hydrogens is 376 g/mol. The van der Waals surface area contributed by atoms with Gasteiger partial charge in [0.2, 0.25) is 0 Å². The normalized spacial score (nSPS) is 41.8. The average Bonchev–Trinajstić information content (AvgIpc) is 2.82. The Morgan fingerprint density at radius 2 is 1.73 bits per heavy atom. The SMILES string of the molecule is CC(C)CC(C)(C(C)C)C(O)OC12CC3CC(CC(C3)C(OC3CCCCO3)C1)C2. The van der Waals surface area contributed by atoms with Gasteiger partial charge in [0, 0.05) is 18.4 Å². The topological polar surface area (TPSA) is 47.9 Å². The van der Waals surface area contributed by atoms with E-state index in [9.17, 15) is 5.11 Å². The second kappa shape index (κ2) is 9.00. The lowest BCUT2D eigenvalue weighted by atomic mass is 9.66. The molecule has 6 atom stereocenters. The van der Waals surface area contributed by atoms with Crippen LogP contribution in [0, 0.1) is 35.0 Å². The van der Waals surface area contributed by atoms with E-state index in [1.165, 1.54) is 25.7 Å². The molecule has 4 aliphatic carbocycles. The van der Waals surface area contributed by atoms with Gasteiger partial charge in [0.05, 0.1) is 11.7 Å². The third-order valence-corrected chi connectivity index (χ3v) is 8.92. The maximum absolute atomic E-state index is 11.5. The highest BCUT2D eigenvalue weighted by molar-refractivity contribution is 5.04. The summed E-state index contributed by atoms with van der Waals surface area (Å²) in [5.41, 5.74) is -0.460. The molecule has 4 bridgehead atoms. The largest absolute Gasteiger partial charge is 0.367 e. The lowest BCUT2D eigenvalue weighted by Gasteiger charge is -2.49. The number of hydrogen-bond donors (Lipinski definition) is 1. The molecular formula is C26H46O4. The summed E-state index contributed by atoms with van der Waals surface area (Å²) in [6.45, 7) is 12.0. The Hall–Kier alpha value is -0.160. The molecule has 1 aliphatic heterocycles. The second-order valence-corrected chi connectivity index (χ2v) is 12.2. The van der Waals surface area contributed by atoms with Crippen LogP contribution in [0.4, 0.5) is 0 Å². The van der Waals surface area contributed by atoms with Gasteiger partial charge in [-0.2, -0.15) is 0 Å². The molecule has 30 heavy (non-hydrogen) atoms. The Morgan fingerprint density at radius 1 is 1.03 bits per heavy atom. The number of fused-ring (bicyclic) bond motifs is 1. The third kappa shape index (κ3) is 4.77. The minimum absolute atomic E-state index is 0.0386. The first kappa shape index (κ1) is 23.0. The molecule has 1 N–H and O–H groups in total. The van der Waals surface area contributed by atoms with Crippen LogP contribution in [0.3, 0.4) is 0 Å². The van der Waals surface area contributed by atoms with Gasteiger partial charge in [0.15, 0.2) is 12.6 Å². The smallest absolute Gasteiger partial charge is 0.160 e. The molecule has 5 fully saturated rings. The van der Waals surface area contributed by atoms with Crippen LogP contribution in [0.15, 0.2) is 0 Å².